The van der Waals surface area contributed by atoms with Crippen LogP contribution in [0.15, 0.2) is 0 Å². The summed E-state index contributed by atoms with van der Waals surface area (Å²) in [5.41, 5.74) is -1.16. The molecular formula is C41H81NO3. The summed E-state index contributed by atoms with van der Waals surface area (Å²) in [7, 11) is 0. The molecule has 0 saturated carbocycles. The van der Waals surface area contributed by atoms with Gasteiger partial charge in [0.15, 0.2) is 11.6 Å². The first kappa shape index (κ1) is 44.3. The largest absolute Gasteiger partial charge is 0.392 e. The second-order valence-electron chi connectivity index (χ2n) is 14.6. The van der Waals surface area contributed by atoms with Gasteiger partial charge in [-0.2, -0.15) is 0 Å². The van der Waals surface area contributed by atoms with E-state index >= 15 is 0 Å². The van der Waals surface area contributed by atoms with Crippen molar-refractivity contribution in [3.05, 3.63) is 0 Å². The van der Waals surface area contributed by atoms with E-state index in [1.54, 1.807) is 13.8 Å². The van der Waals surface area contributed by atoms with Crippen LogP contribution in [-0.4, -0.2) is 34.9 Å². The second kappa shape index (κ2) is 33.2. The van der Waals surface area contributed by atoms with Gasteiger partial charge >= 0.3 is 0 Å². The fraction of sp³-hybridized carbons (Fsp3) is 0.951. The van der Waals surface area contributed by atoms with Gasteiger partial charge in [-0.05, 0) is 26.7 Å². The first-order valence-corrected chi connectivity index (χ1v) is 20.4. The Kier molecular flexibility index (Phi) is 32.6. The lowest BCUT2D eigenvalue weighted by Crippen LogP contribution is -2.57. The van der Waals surface area contributed by atoms with E-state index in [2.05, 4.69) is 19.2 Å². The van der Waals surface area contributed by atoms with Crippen molar-refractivity contribution in [3.8, 4) is 0 Å². The Bertz CT molecular complexity index is 601. The molecule has 4 nitrogen and oxygen atoms in total. The molecule has 0 bridgehead atoms. The third kappa shape index (κ3) is 28.0. The number of Topliss-reactive ketones (excluding diaryl/α,β-unsaturated/α-hetero) is 2. The molecule has 0 aliphatic carbocycles. The lowest BCUT2D eigenvalue weighted by Gasteiger charge is -2.29. The van der Waals surface area contributed by atoms with E-state index in [0.29, 0.717) is 12.8 Å². The average Bonchev–Trinajstić information content (AvgIpc) is 3.03. The van der Waals surface area contributed by atoms with Gasteiger partial charge in [0.2, 0.25) is 0 Å². The molecule has 268 valence electrons. The number of β-amino-alcohol motifs (C(OH)–C–C–N with tert-alkyl or cyclic N) is 1. The molecule has 1 unspecified atom stereocenters. The van der Waals surface area contributed by atoms with Crippen LogP contribution in [-0.2, 0) is 9.59 Å². The van der Waals surface area contributed by atoms with Crippen LogP contribution in [0, 0.1) is 0 Å². The summed E-state index contributed by atoms with van der Waals surface area (Å²) < 4.78 is 0. The highest BCUT2D eigenvalue weighted by Gasteiger charge is 2.38. The summed E-state index contributed by atoms with van der Waals surface area (Å²) in [5, 5.41) is 13.0. The van der Waals surface area contributed by atoms with E-state index in [1.165, 1.54) is 167 Å². The van der Waals surface area contributed by atoms with Crippen molar-refractivity contribution < 1.29 is 14.7 Å². The molecule has 0 aromatic heterocycles. The summed E-state index contributed by atoms with van der Waals surface area (Å²) in [5.74, 6) is 0.00704. The van der Waals surface area contributed by atoms with Gasteiger partial charge in [0, 0.05) is 19.4 Å². The Labute approximate surface area is 282 Å². The normalized spacial score (nSPS) is 12.6. The van der Waals surface area contributed by atoms with Crippen molar-refractivity contribution in [1.82, 2.24) is 5.32 Å². The highest BCUT2D eigenvalue weighted by molar-refractivity contribution is 6.11. The molecule has 4 heteroatoms. The molecule has 0 fully saturated rings. The Hall–Kier alpha value is -0.740. The number of unbranched alkanes of at least 4 members (excludes halogenated alkanes) is 28. The van der Waals surface area contributed by atoms with Crippen LogP contribution < -0.4 is 5.32 Å². The molecule has 0 aliphatic rings. The Balaban J connectivity index is 3.98. The number of carbonyl (C=O) groups is 2. The number of hydrogen-bond acceptors (Lipinski definition) is 4. The zero-order valence-corrected chi connectivity index (χ0v) is 31.2. The Morgan fingerprint density at radius 3 is 0.911 bits per heavy atom. The smallest absolute Gasteiger partial charge is 0.160 e. The van der Waals surface area contributed by atoms with Crippen molar-refractivity contribution in [2.75, 3.05) is 6.54 Å². The minimum absolute atomic E-state index is 0.00352. The molecule has 0 amide bonds. The molecular weight excluding hydrogens is 554 g/mol. The summed E-state index contributed by atoms with van der Waals surface area (Å²) in [4.78, 5) is 26.5. The molecule has 0 aromatic carbocycles. The SMILES string of the molecule is CCCCCCCCCCCCCCCCCC(=O)C(C)(NCC(C)O)C(=O)CCCCCCCCCCCCCCCCC. The lowest BCUT2D eigenvalue weighted by molar-refractivity contribution is -0.136. The Morgan fingerprint density at radius 2 is 0.689 bits per heavy atom. The van der Waals surface area contributed by atoms with Crippen molar-refractivity contribution in [1.29, 1.82) is 0 Å². The van der Waals surface area contributed by atoms with Crippen molar-refractivity contribution in [2.24, 2.45) is 0 Å². The molecule has 0 rings (SSSR count). The fourth-order valence-electron chi connectivity index (χ4n) is 6.52. The number of aliphatic hydroxyl groups excluding tert-OH is 1. The van der Waals surface area contributed by atoms with Gasteiger partial charge in [0.25, 0.3) is 0 Å². The monoisotopic (exact) mass is 636 g/mol. The van der Waals surface area contributed by atoms with Crippen LogP contribution in [0.4, 0.5) is 0 Å². The summed E-state index contributed by atoms with van der Waals surface area (Å²) in [6, 6.07) is 0. The molecule has 0 radical (unpaired) electrons. The standard InChI is InChI=1S/C41H81NO3/c1-5-7-9-11-13-15-17-19-21-23-25-27-29-31-33-35-39(44)41(4,42-37-38(3)43)40(45)36-34-32-30-28-26-24-22-20-18-16-14-12-10-8-6-2/h38,42-43H,5-37H2,1-4H3. The molecule has 0 spiro atoms. The molecule has 0 heterocycles. The van der Waals surface area contributed by atoms with E-state index in [9.17, 15) is 14.7 Å². The number of aliphatic hydroxyl groups is 1. The predicted octanol–water partition coefficient (Wildman–Crippen LogP) is 12.4. The first-order chi connectivity index (χ1) is 21.9. The van der Waals surface area contributed by atoms with Gasteiger partial charge in [0.1, 0.15) is 5.54 Å². The van der Waals surface area contributed by atoms with E-state index in [-0.39, 0.29) is 18.1 Å². The number of carbonyl (C=O) groups excluding carboxylic acids is 2. The number of rotatable bonds is 37. The van der Waals surface area contributed by atoms with Gasteiger partial charge in [-0.1, -0.05) is 194 Å². The van der Waals surface area contributed by atoms with E-state index in [4.69, 9.17) is 0 Å². The maximum absolute atomic E-state index is 13.2. The first-order valence-electron chi connectivity index (χ1n) is 20.4. The van der Waals surface area contributed by atoms with Gasteiger partial charge < -0.3 is 5.11 Å². The molecule has 2 N–H and O–H groups in total. The van der Waals surface area contributed by atoms with Gasteiger partial charge in [-0.3, -0.25) is 14.9 Å². The lowest BCUT2D eigenvalue weighted by atomic mass is 9.85. The molecule has 45 heavy (non-hydrogen) atoms. The molecule has 0 saturated heterocycles. The number of nitrogens with one attached hydrogen (secondary N) is 1. The zero-order chi connectivity index (χ0) is 33.3. The van der Waals surface area contributed by atoms with Gasteiger partial charge in [0.05, 0.1) is 6.10 Å². The van der Waals surface area contributed by atoms with Gasteiger partial charge in [-0.25, -0.2) is 0 Å². The molecule has 1 atom stereocenters. The van der Waals surface area contributed by atoms with Crippen LogP contribution >= 0.6 is 0 Å². The van der Waals surface area contributed by atoms with E-state index in [0.717, 1.165) is 25.7 Å². The molecule has 0 aromatic rings. The Morgan fingerprint density at radius 1 is 0.467 bits per heavy atom. The van der Waals surface area contributed by atoms with Crippen LogP contribution in [0.5, 0.6) is 0 Å². The summed E-state index contributed by atoms with van der Waals surface area (Å²) >= 11 is 0. The van der Waals surface area contributed by atoms with Crippen molar-refractivity contribution in [2.45, 2.75) is 245 Å². The number of ketones is 2. The highest BCUT2D eigenvalue weighted by atomic mass is 16.3. The van der Waals surface area contributed by atoms with Gasteiger partial charge in [-0.15, -0.1) is 0 Å². The summed E-state index contributed by atoms with van der Waals surface area (Å²) in [6.45, 7) is 8.28. The zero-order valence-electron chi connectivity index (χ0n) is 31.2. The fourth-order valence-corrected chi connectivity index (χ4v) is 6.52. The second-order valence-corrected chi connectivity index (χ2v) is 14.6. The van der Waals surface area contributed by atoms with Crippen LogP contribution in [0.2, 0.25) is 0 Å². The topological polar surface area (TPSA) is 66.4 Å². The van der Waals surface area contributed by atoms with E-state index in [1.807, 2.05) is 0 Å². The predicted molar refractivity (Wildman–Crippen MR) is 197 cm³/mol. The van der Waals surface area contributed by atoms with E-state index < -0.39 is 11.6 Å². The minimum Gasteiger partial charge on any atom is -0.392 e. The quantitative estimate of drug-likeness (QED) is 0.0526. The average molecular weight is 636 g/mol. The van der Waals surface area contributed by atoms with Crippen LogP contribution in [0.3, 0.4) is 0 Å². The van der Waals surface area contributed by atoms with Crippen molar-refractivity contribution >= 4 is 11.6 Å². The minimum atomic E-state index is -1.16. The maximum Gasteiger partial charge on any atom is 0.160 e. The van der Waals surface area contributed by atoms with Crippen LogP contribution in [0.25, 0.3) is 0 Å². The number of hydrogen-bond donors (Lipinski definition) is 2. The third-order valence-corrected chi connectivity index (χ3v) is 9.88. The molecule has 0 aliphatic heterocycles. The highest BCUT2D eigenvalue weighted by Crippen LogP contribution is 2.20. The van der Waals surface area contributed by atoms with Crippen LogP contribution in [0.1, 0.15) is 233 Å². The maximum atomic E-state index is 13.2. The summed E-state index contributed by atoms with van der Waals surface area (Å²) in [6.07, 6.45) is 39.3. The van der Waals surface area contributed by atoms with Crippen molar-refractivity contribution in [3.63, 3.8) is 0 Å². The third-order valence-electron chi connectivity index (χ3n) is 9.88.